The minimum absolute atomic E-state index is 0.212. The van der Waals surface area contributed by atoms with Crippen LogP contribution in [0.15, 0.2) is 36.4 Å². The highest BCUT2D eigenvalue weighted by Gasteiger charge is 2.08. The molecule has 1 aromatic heterocycles. The number of anilines is 1. The lowest BCUT2D eigenvalue weighted by atomic mass is 10.1. The Balaban J connectivity index is 1.88. The normalized spacial score (nSPS) is 10.3. The van der Waals surface area contributed by atoms with Gasteiger partial charge in [0.25, 0.3) is 5.91 Å². The molecular formula is C17H22N4O. The van der Waals surface area contributed by atoms with Gasteiger partial charge in [-0.3, -0.25) is 4.79 Å². The second-order valence-corrected chi connectivity index (χ2v) is 5.19. The topological polar surface area (TPSA) is 66.9 Å². The summed E-state index contributed by atoms with van der Waals surface area (Å²) in [5.41, 5.74) is 2.58. The van der Waals surface area contributed by atoms with Crippen LogP contribution in [0.1, 0.15) is 41.4 Å². The fourth-order valence-electron chi connectivity index (χ4n) is 2.02. The molecule has 0 aliphatic heterocycles. The van der Waals surface area contributed by atoms with Crippen molar-refractivity contribution < 1.29 is 4.79 Å². The number of hydrogen-bond donors (Lipinski definition) is 2. The van der Waals surface area contributed by atoms with E-state index in [0.29, 0.717) is 18.1 Å². The number of aromatic nitrogens is 2. The van der Waals surface area contributed by atoms with E-state index in [1.807, 2.05) is 31.2 Å². The third kappa shape index (κ3) is 4.55. The third-order valence-corrected chi connectivity index (χ3v) is 3.43. The average molecular weight is 298 g/mol. The molecule has 0 fully saturated rings. The summed E-state index contributed by atoms with van der Waals surface area (Å²) in [6.07, 6.45) is 2.21. The van der Waals surface area contributed by atoms with E-state index in [2.05, 4.69) is 27.8 Å². The molecule has 2 aromatic rings. The van der Waals surface area contributed by atoms with Crippen molar-refractivity contribution in [3.8, 4) is 0 Å². The fourth-order valence-corrected chi connectivity index (χ4v) is 2.02. The molecule has 1 heterocycles. The van der Waals surface area contributed by atoms with Crippen LogP contribution in [0.25, 0.3) is 0 Å². The van der Waals surface area contributed by atoms with Crippen molar-refractivity contribution in [2.45, 2.75) is 33.2 Å². The molecule has 0 atom stereocenters. The summed E-state index contributed by atoms with van der Waals surface area (Å²) in [6, 6.07) is 11.4. The van der Waals surface area contributed by atoms with Crippen LogP contribution in [0.5, 0.6) is 0 Å². The Kier molecular flexibility index (Phi) is 5.89. The summed E-state index contributed by atoms with van der Waals surface area (Å²) in [6.45, 7) is 5.51. The highest BCUT2D eigenvalue weighted by Crippen LogP contribution is 2.07. The number of amides is 1. The van der Waals surface area contributed by atoms with Crippen LogP contribution in [0.4, 0.5) is 5.82 Å². The standard InChI is InChI=1S/C17H22N4O/c1-3-4-11-18-16-10-9-15(20-21-16)17(22)19-12-14-8-6-5-7-13(14)2/h5-10H,3-4,11-12H2,1-2H3,(H,18,21)(H,19,22). The second kappa shape index (κ2) is 8.12. The van der Waals surface area contributed by atoms with Crippen molar-refractivity contribution in [1.29, 1.82) is 0 Å². The number of nitrogens with one attached hydrogen (secondary N) is 2. The molecule has 116 valence electrons. The first-order chi connectivity index (χ1) is 10.7. The molecule has 5 nitrogen and oxygen atoms in total. The molecule has 1 aromatic carbocycles. The van der Waals surface area contributed by atoms with Crippen LogP contribution in [0, 0.1) is 6.92 Å². The van der Waals surface area contributed by atoms with Crippen LogP contribution in [0.3, 0.4) is 0 Å². The lowest BCUT2D eigenvalue weighted by Crippen LogP contribution is -2.24. The lowest BCUT2D eigenvalue weighted by molar-refractivity contribution is 0.0945. The molecule has 5 heteroatoms. The maximum Gasteiger partial charge on any atom is 0.272 e. The van der Waals surface area contributed by atoms with Crippen LogP contribution in [-0.4, -0.2) is 22.6 Å². The Bertz CT molecular complexity index is 610. The predicted octanol–water partition coefficient (Wildman–Crippen LogP) is 2.93. The van der Waals surface area contributed by atoms with Gasteiger partial charge in [-0.1, -0.05) is 37.6 Å². The maximum absolute atomic E-state index is 12.1. The van der Waals surface area contributed by atoms with E-state index in [4.69, 9.17) is 0 Å². The van der Waals surface area contributed by atoms with E-state index in [1.165, 1.54) is 0 Å². The van der Waals surface area contributed by atoms with Crippen LogP contribution >= 0.6 is 0 Å². The number of benzene rings is 1. The van der Waals surface area contributed by atoms with Crippen molar-refractivity contribution in [3.05, 3.63) is 53.2 Å². The molecule has 0 unspecified atom stereocenters. The number of rotatable bonds is 7. The van der Waals surface area contributed by atoms with Crippen LogP contribution in [0.2, 0.25) is 0 Å². The van der Waals surface area contributed by atoms with Crippen molar-refractivity contribution >= 4 is 11.7 Å². The van der Waals surface area contributed by atoms with Gasteiger partial charge < -0.3 is 10.6 Å². The number of carbonyl (C=O) groups is 1. The first-order valence-electron chi connectivity index (χ1n) is 7.61. The Morgan fingerprint density at radius 2 is 1.95 bits per heavy atom. The average Bonchev–Trinajstić information content (AvgIpc) is 2.55. The molecule has 2 N–H and O–H groups in total. The summed E-state index contributed by atoms with van der Waals surface area (Å²) in [5.74, 6) is 0.486. The van der Waals surface area contributed by atoms with Gasteiger partial charge in [0.15, 0.2) is 5.69 Å². The van der Waals surface area contributed by atoms with Gasteiger partial charge in [-0.25, -0.2) is 0 Å². The summed E-state index contributed by atoms with van der Waals surface area (Å²) < 4.78 is 0. The van der Waals surface area contributed by atoms with Crippen molar-refractivity contribution in [2.75, 3.05) is 11.9 Å². The largest absolute Gasteiger partial charge is 0.369 e. The van der Waals surface area contributed by atoms with Crippen molar-refractivity contribution in [2.24, 2.45) is 0 Å². The van der Waals surface area contributed by atoms with Gasteiger partial charge in [-0.2, -0.15) is 0 Å². The van der Waals surface area contributed by atoms with Crippen LogP contribution < -0.4 is 10.6 Å². The molecule has 0 spiro atoms. The van der Waals surface area contributed by atoms with Gasteiger partial charge in [-0.15, -0.1) is 10.2 Å². The molecule has 22 heavy (non-hydrogen) atoms. The minimum atomic E-state index is -0.212. The van der Waals surface area contributed by atoms with E-state index >= 15 is 0 Å². The monoisotopic (exact) mass is 298 g/mol. The predicted molar refractivity (Wildman–Crippen MR) is 87.8 cm³/mol. The number of hydrogen-bond acceptors (Lipinski definition) is 4. The lowest BCUT2D eigenvalue weighted by Gasteiger charge is -2.08. The second-order valence-electron chi connectivity index (χ2n) is 5.19. The number of carbonyl (C=O) groups excluding carboxylic acids is 1. The summed E-state index contributed by atoms with van der Waals surface area (Å²) >= 11 is 0. The molecule has 0 saturated carbocycles. The zero-order valence-corrected chi connectivity index (χ0v) is 13.1. The van der Waals surface area contributed by atoms with E-state index in [9.17, 15) is 4.79 Å². The van der Waals surface area contributed by atoms with Gasteiger partial charge in [0.05, 0.1) is 0 Å². The van der Waals surface area contributed by atoms with E-state index in [1.54, 1.807) is 12.1 Å². The van der Waals surface area contributed by atoms with Gasteiger partial charge in [0, 0.05) is 13.1 Å². The van der Waals surface area contributed by atoms with Gasteiger partial charge in [0.1, 0.15) is 5.82 Å². The van der Waals surface area contributed by atoms with Crippen molar-refractivity contribution in [1.82, 2.24) is 15.5 Å². The zero-order chi connectivity index (χ0) is 15.8. The summed E-state index contributed by atoms with van der Waals surface area (Å²) in [5, 5.41) is 14.0. The Hall–Kier alpha value is -2.43. The fraction of sp³-hybridized carbons (Fsp3) is 0.353. The molecular weight excluding hydrogens is 276 g/mol. The highest BCUT2D eigenvalue weighted by molar-refractivity contribution is 5.92. The zero-order valence-electron chi connectivity index (χ0n) is 13.1. The first-order valence-corrected chi connectivity index (χ1v) is 7.61. The minimum Gasteiger partial charge on any atom is -0.369 e. The van der Waals surface area contributed by atoms with Crippen LogP contribution in [-0.2, 0) is 6.54 Å². The third-order valence-electron chi connectivity index (χ3n) is 3.43. The summed E-state index contributed by atoms with van der Waals surface area (Å²) in [7, 11) is 0. The van der Waals surface area contributed by atoms with E-state index in [0.717, 1.165) is 30.5 Å². The van der Waals surface area contributed by atoms with Crippen molar-refractivity contribution in [3.63, 3.8) is 0 Å². The number of aryl methyl sites for hydroxylation is 1. The highest BCUT2D eigenvalue weighted by atomic mass is 16.1. The molecule has 0 saturated heterocycles. The molecule has 1 amide bonds. The SMILES string of the molecule is CCCCNc1ccc(C(=O)NCc2ccccc2C)nn1. The maximum atomic E-state index is 12.1. The summed E-state index contributed by atoms with van der Waals surface area (Å²) in [4.78, 5) is 12.1. The molecule has 2 rings (SSSR count). The molecule has 0 aliphatic rings. The Labute approximate surface area is 131 Å². The quantitative estimate of drug-likeness (QED) is 0.771. The number of nitrogens with zero attached hydrogens (tertiary/aromatic N) is 2. The first kappa shape index (κ1) is 15.9. The van der Waals surface area contributed by atoms with E-state index in [-0.39, 0.29) is 5.91 Å². The Morgan fingerprint density at radius 3 is 2.64 bits per heavy atom. The molecule has 0 aliphatic carbocycles. The molecule has 0 radical (unpaired) electrons. The van der Waals surface area contributed by atoms with Gasteiger partial charge in [-0.05, 0) is 36.6 Å². The van der Waals surface area contributed by atoms with E-state index < -0.39 is 0 Å². The molecule has 0 bridgehead atoms. The number of unbranched alkanes of at least 4 members (excludes halogenated alkanes) is 1. The van der Waals surface area contributed by atoms with Gasteiger partial charge >= 0.3 is 0 Å². The smallest absolute Gasteiger partial charge is 0.272 e. The Morgan fingerprint density at radius 1 is 1.14 bits per heavy atom. The van der Waals surface area contributed by atoms with Gasteiger partial charge in [0.2, 0.25) is 0 Å².